The van der Waals surface area contributed by atoms with Crippen LogP contribution < -0.4 is 4.74 Å². The van der Waals surface area contributed by atoms with Crippen LogP contribution >= 0.6 is 12.4 Å². The maximum absolute atomic E-state index is 11.3. The van der Waals surface area contributed by atoms with Gasteiger partial charge in [-0.2, -0.15) is 0 Å². The van der Waals surface area contributed by atoms with E-state index in [0.29, 0.717) is 27.9 Å². The van der Waals surface area contributed by atoms with E-state index in [1.807, 2.05) is 54.6 Å². The minimum absolute atomic E-state index is 0. The van der Waals surface area contributed by atoms with E-state index in [0.717, 1.165) is 22.2 Å². The highest BCUT2D eigenvalue weighted by atomic mass is 35.5. The molecule has 0 aliphatic carbocycles. The molecule has 1 aromatic heterocycles. The van der Waals surface area contributed by atoms with Crippen molar-refractivity contribution in [2.24, 2.45) is 0 Å². The number of aromatic hydroxyl groups is 1. The second-order valence-electron chi connectivity index (χ2n) is 7.20. The van der Waals surface area contributed by atoms with E-state index in [4.69, 9.17) is 9.72 Å². The molecule has 0 bridgehead atoms. The lowest BCUT2D eigenvalue weighted by atomic mass is 10.0. The Balaban J connectivity index is 0.00000245. The van der Waals surface area contributed by atoms with E-state index >= 15 is 0 Å². The number of nitrogens with zero attached hydrogens (tertiary/aromatic N) is 1. The van der Waals surface area contributed by atoms with Crippen LogP contribution in [-0.2, 0) is 0 Å². The number of aromatic amines is 1. The lowest BCUT2D eigenvalue weighted by molar-refractivity contribution is 0.0696. The monoisotopic (exact) mass is 446 g/mol. The van der Waals surface area contributed by atoms with Crippen LogP contribution in [0.4, 0.5) is 0 Å². The Morgan fingerprint density at radius 3 is 2.44 bits per heavy atom. The van der Waals surface area contributed by atoms with Gasteiger partial charge in [0.1, 0.15) is 22.8 Å². The molecule has 0 spiro atoms. The van der Waals surface area contributed by atoms with Crippen LogP contribution in [0.2, 0.25) is 0 Å². The quantitative estimate of drug-likeness (QED) is 0.320. The first-order valence-corrected chi connectivity index (χ1v) is 9.68. The largest absolute Gasteiger partial charge is 0.507 e. The molecule has 0 aliphatic rings. The Morgan fingerprint density at radius 1 is 0.969 bits per heavy atom. The minimum atomic E-state index is -1.09. The molecule has 0 atom stereocenters. The summed E-state index contributed by atoms with van der Waals surface area (Å²) in [5.41, 5.74) is 4.08. The zero-order valence-electron chi connectivity index (χ0n) is 17.0. The maximum atomic E-state index is 11.3. The summed E-state index contributed by atoms with van der Waals surface area (Å²) in [6, 6.07) is 22.2. The van der Waals surface area contributed by atoms with Gasteiger partial charge in [0.15, 0.2) is 0 Å². The third kappa shape index (κ3) is 3.40. The summed E-state index contributed by atoms with van der Waals surface area (Å²) in [7, 11) is 1.63. The molecule has 3 N–H and O–H groups in total. The molecule has 32 heavy (non-hydrogen) atoms. The molecular formula is C25H19ClN2O4. The second-order valence-corrected chi connectivity index (χ2v) is 7.20. The highest BCUT2D eigenvalue weighted by Crippen LogP contribution is 2.40. The first-order valence-electron chi connectivity index (χ1n) is 9.68. The van der Waals surface area contributed by atoms with Crippen molar-refractivity contribution in [2.75, 3.05) is 7.11 Å². The fraction of sp³-hybridized carbons (Fsp3) is 0.0400. The van der Waals surface area contributed by atoms with Crippen molar-refractivity contribution in [1.29, 1.82) is 0 Å². The number of carbonyl (C=O) groups is 1. The molecular weight excluding hydrogens is 428 g/mol. The lowest BCUT2D eigenvalue weighted by Crippen LogP contribution is -1.95. The molecule has 0 fully saturated rings. The summed E-state index contributed by atoms with van der Waals surface area (Å²) in [4.78, 5) is 19.4. The summed E-state index contributed by atoms with van der Waals surface area (Å²) < 4.78 is 5.76. The van der Waals surface area contributed by atoms with Crippen LogP contribution in [0.15, 0.2) is 72.8 Å². The number of carboxylic acids is 1. The van der Waals surface area contributed by atoms with Crippen molar-refractivity contribution in [1.82, 2.24) is 9.97 Å². The van der Waals surface area contributed by atoms with Gasteiger partial charge in [-0.05, 0) is 35.2 Å². The summed E-state index contributed by atoms with van der Waals surface area (Å²) in [5.74, 6) is 0.0688. The molecule has 7 heteroatoms. The Bertz CT molecular complexity index is 1460. The predicted molar refractivity (Wildman–Crippen MR) is 127 cm³/mol. The van der Waals surface area contributed by atoms with Crippen molar-refractivity contribution < 1.29 is 19.7 Å². The number of hydrogen-bond acceptors (Lipinski definition) is 4. The normalized spacial score (nSPS) is 10.8. The van der Waals surface area contributed by atoms with Crippen LogP contribution in [0.5, 0.6) is 11.5 Å². The zero-order valence-corrected chi connectivity index (χ0v) is 17.8. The topological polar surface area (TPSA) is 95.4 Å². The number of nitrogens with one attached hydrogen (secondary N) is 1. The van der Waals surface area contributed by atoms with Crippen molar-refractivity contribution in [3.8, 4) is 34.0 Å². The predicted octanol–water partition coefficient (Wildman–Crippen LogP) is 5.88. The molecule has 0 saturated carbocycles. The number of ether oxygens (including phenoxy) is 1. The van der Waals surface area contributed by atoms with Gasteiger partial charge in [-0.25, -0.2) is 9.78 Å². The second kappa shape index (κ2) is 8.24. The van der Waals surface area contributed by atoms with Crippen LogP contribution in [0.25, 0.3) is 44.3 Å². The molecule has 6 nitrogen and oxygen atoms in total. The summed E-state index contributed by atoms with van der Waals surface area (Å²) in [5, 5.41) is 20.9. The van der Waals surface area contributed by atoms with E-state index in [-0.39, 0.29) is 23.7 Å². The number of imidazole rings is 1. The molecule has 0 unspecified atom stereocenters. The van der Waals surface area contributed by atoms with Gasteiger partial charge in [0.2, 0.25) is 0 Å². The molecule has 160 valence electrons. The molecule has 5 aromatic rings. The summed E-state index contributed by atoms with van der Waals surface area (Å²) >= 11 is 0. The van der Waals surface area contributed by atoms with Crippen molar-refractivity contribution in [3.05, 3.63) is 78.4 Å². The molecule has 5 rings (SSSR count). The number of aromatic nitrogens is 2. The number of H-pyrrole nitrogens is 1. The third-order valence-corrected chi connectivity index (χ3v) is 5.35. The maximum Gasteiger partial charge on any atom is 0.335 e. The lowest BCUT2D eigenvalue weighted by Gasteiger charge is -2.12. The minimum Gasteiger partial charge on any atom is -0.507 e. The van der Waals surface area contributed by atoms with Gasteiger partial charge in [0, 0.05) is 5.56 Å². The van der Waals surface area contributed by atoms with Crippen LogP contribution in [0.3, 0.4) is 0 Å². The number of para-hydroxylation sites is 1. The van der Waals surface area contributed by atoms with Gasteiger partial charge in [0.25, 0.3) is 0 Å². The first-order chi connectivity index (χ1) is 15.1. The summed E-state index contributed by atoms with van der Waals surface area (Å²) in [6.07, 6.45) is 0. The van der Waals surface area contributed by atoms with Crippen LogP contribution in [-0.4, -0.2) is 33.3 Å². The van der Waals surface area contributed by atoms with Gasteiger partial charge in [-0.15, -0.1) is 12.4 Å². The molecule has 0 aliphatic heterocycles. The fourth-order valence-corrected chi connectivity index (χ4v) is 3.95. The van der Waals surface area contributed by atoms with Crippen molar-refractivity contribution in [2.45, 2.75) is 0 Å². The molecule has 0 radical (unpaired) electrons. The summed E-state index contributed by atoms with van der Waals surface area (Å²) in [6.45, 7) is 0. The van der Waals surface area contributed by atoms with Crippen LogP contribution in [0.1, 0.15) is 10.4 Å². The van der Waals surface area contributed by atoms with Crippen molar-refractivity contribution in [3.63, 3.8) is 0 Å². The number of carboxylic acid groups (broad SMARTS) is 1. The van der Waals surface area contributed by atoms with E-state index in [1.165, 1.54) is 12.1 Å². The number of aromatic carboxylic acids is 1. The molecule has 4 aromatic carbocycles. The van der Waals surface area contributed by atoms with E-state index in [2.05, 4.69) is 4.98 Å². The number of phenolic OH excluding ortho intramolecular Hbond substituents is 1. The van der Waals surface area contributed by atoms with E-state index in [1.54, 1.807) is 13.2 Å². The fourth-order valence-electron chi connectivity index (χ4n) is 3.95. The highest BCUT2D eigenvalue weighted by Gasteiger charge is 2.18. The Hall–Kier alpha value is -4.03. The van der Waals surface area contributed by atoms with Gasteiger partial charge < -0.3 is 19.9 Å². The highest BCUT2D eigenvalue weighted by molar-refractivity contribution is 6.10. The van der Waals surface area contributed by atoms with Gasteiger partial charge in [-0.1, -0.05) is 48.5 Å². The molecule has 1 heterocycles. The number of methoxy groups -OCH3 is 1. The third-order valence-electron chi connectivity index (χ3n) is 5.35. The Morgan fingerprint density at radius 2 is 1.72 bits per heavy atom. The number of rotatable bonds is 4. The smallest absolute Gasteiger partial charge is 0.335 e. The molecule has 0 amide bonds. The van der Waals surface area contributed by atoms with Gasteiger partial charge in [0.05, 0.1) is 29.1 Å². The number of halogens is 1. The van der Waals surface area contributed by atoms with E-state index in [9.17, 15) is 15.0 Å². The SMILES string of the molecule is COc1c(-c2ccccc2)cccc1-c1nc2c(ccc3cc(C(=O)O)cc(O)c32)[nH]1.Cl. The first kappa shape index (κ1) is 21.2. The van der Waals surface area contributed by atoms with Gasteiger partial charge in [-0.3, -0.25) is 0 Å². The van der Waals surface area contributed by atoms with E-state index < -0.39 is 5.97 Å². The van der Waals surface area contributed by atoms with Crippen molar-refractivity contribution >= 4 is 40.2 Å². The molecule has 0 saturated heterocycles. The van der Waals surface area contributed by atoms with Crippen LogP contribution in [0, 0.1) is 0 Å². The number of fused-ring (bicyclic) bond motifs is 3. The standard InChI is InChI=1S/C25H18N2O4.ClH/c1-31-23-17(14-6-3-2-4-7-14)8-5-9-18(23)24-26-19-11-10-15-12-16(25(29)30)13-20(28)21(15)22(19)27-24;/h2-13,28H,1H3,(H,26,27)(H,29,30);1H. The Kier molecular flexibility index (Phi) is 5.47. The average Bonchev–Trinajstić information content (AvgIpc) is 3.23. The zero-order chi connectivity index (χ0) is 21.5. The number of benzene rings is 4. The number of hydrogen-bond donors (Lipinski definition) is 3. The van der Waals surface area contributed by atoms with Gasteiger partial charge >= 0.3 is 5.97 Å². The Labute approximate surface area is 189 Å². The number of phenols is 1. The average molecular weight is 447 g/mol.